The van der Waals surface area contributed by atoms with Crippen LogP contribution in [-0.4, -0.2) is 40.7 Å². The standard InChI is InChI=1S/C29H32N6O.ClH/c36-28-22(18-21-6-2-1-3-7-21)19-23-20-31-29(33-27(23)35(28)26-8-4-5-9-26)32-24-10-12-25(13-11-24)34-16-14-30-15-17-34;/h1-3,6-7,10-13,19-20,26,30H,4-5,8-9,14-18H2,(H,31,32,33);1H. The molecule has 192 valence electrons. The molecule has 2 aliphatic rings. The Kier molecular flexibility index (Phi) is 7.72. The molecule has 0 radical (unpaired) electrons. The molecule has 2 aromatic carbocycles. The number of rotatable bonds is 6. The Bertz CT molecular complexity index is 1390. The van der Waals surface area contributed by atoms with Crippen molar-refractivity contribution in [1.82, 2.24) is 19.9 Å². The number of nitrogens with one attached hydrogen (secondary N) is 2. The van der Waals surface area contributed by atoms with Crippen LogP contribution in [0.2, 0.25) is 0 Å². The highest BCUT2D eigenvalue weighted by Gasteiger charge is 2.23. The fourth-order valence-corrected chi connectivity index (χ4v) is 5.49. The van der Waals surface area contributed by atoms with Gasteiger partial charge in [-0.25, -0.2) is 4.98 Å². The summed E-state index contributed by atoms with van der Waals surface area (Å²) in [6, 6.07) is 20.8. The number of hydrogen-bond donors (Lipinski definition) is 2. The van der Waals surface area contributed by atoms with Gasteiger partial charge in [0.1, 0.15) is 5.65 Å². The Hall–Kier alpha value is -3.42. The summed E-state index contributed by atoms with van der Waals surface area (Å²) in [7, 11) is 0. The van der Waals surface area contributed by atoms with Gasteiger partial charge in [0.25, 0.3) is 5.56 Å². The molecule has 0 unspecified atom stereocenters. The smallest absolute Gasteiger partial charge is 0.256 e. The maximum Gasteiger partial charge on any atom is 0.256 e. The van der Waals surface area contributed by atoms with Crippen molar-refractivity contribution in [2.75, 3.05) is 36.4 Å². The van der Waals surface area contributed by atoms with Crippen LogP contribution >= 0.6 is 12.4 Å². The molecule has 0 atom stereocenters. The third-order valence-electron chi connectivity index (χ3n) is 7.38. The van der Waals surface area contributed by atoms with Crippen molar-refractivity contribution in [2.24, 2.45) is 0 Å². The van der Waals surface area contributed by atoms with E-state index in [4.69, 9.17) is 4.98 Å². The summed E-state index contributed by atoms with van der Waals surface area (Å²) in [6.45, 7) is 4.07. The zero-order valence-corrected chi connectivity index (χ0v) is 21.7. The highest BCUT2D eigenvalue weighted by molar-refractivity contribution is 5.85. The molecule has 1 saturated carbocycles. The van der Waals surface area contributed by atoms with Gasteiger partial charge in [-0.15, -0.1) is 12.4 Å². The quantitative estimate of drug-likeness (QED) is 0.372. The van der Waals surface area contributed by atoms with Crippen LogP contribution in [0, 0.1) is 0 Å². The number of pyridine rings is 1. The van der Waals surface area contributed by atoms with E-state index in [1.165, 1.54) is 5.69 Å². The average molecular weight is 517 g/mol. The highest BCUT2D eigenvalue weighted by atomic mass is 35.5. The lowest BCUT2D eigenvalue weighted by Crippen LogP contribution is -2.43. The number of nitrogens with zero attached hydrogens (tertiary/aromatic N) is 4. The summed E-state index contributed by atoms with van der Waals surface area (Å²) in [5.41, 5.74) is 4.89. The van der Waals surface area contributed by atoms with E-state index in [1.807, 2.05) is 35.0 Å². The zero-order chi connectivity index (χ0) is 24.3. The first kappa shape index (κ1) is 25.2. The van der Waals surface area contributed by atoms with Crippen LogP contribution < -0.4 is 21.1 Å². The molecule has 2 fully saturated rings. The summed E-state index contributed by atoms with van der Waals surface area (Å²) in [5.74, 6) is 0.513. The van der Waals surface area contributed by atoms with Gasteiger partial charge in [0.05, 0.1) is 0 Å². The number of halogens is 1. The van der Waals surface area contributed by atoms with Crippen LogP contribution in [0.15, 0.2) is 71.7 Å². The van der Waals surface area contributed by atoms with E-state index >= 15 is 0 Å². The number of hydrogen-bond acceptors (Lipinski definition) is 6. The van der Waals surface area contributed by atoms with Crippen molar-refractivity contribution < 1.29 is 0 Å². The predicted molar refractivity (Wildman–Crippen MR) is 153 cm³/mol. The lowest BCUT2D eigenvalue weighted by Gasteiger charge is -2.29. The van der Waals surface area contributed by atoms with Gasteiger partial charge >= 0.3 is 0 Å². The predicted octanol–water partition coefficient (Wildman–Crippen LogP) is 5.07. The Labute approximate surface area is 223 Å². The molecule has 1 aliphatic heterocycles. The van der Waals surface area contributed by atoms with Crippen molar-refractivity contribution in [3.8, 4) is 0 Å². The van der Waals surface area contributed by atoms with Gasteiger partial charge in [0.2, 0.25) is 5.95 Å². The van der Waals surface area contributed by atoms with Gasteiger partial charge in [-0.05, 0) is 48.7 Å². The topological polar surface area (TPSA) is 75.1 Å². The number of fused-ring (bicyclic) bond motifs is 1. The maximum atomic E-state index is 13.7. The SMILES string of the molecule is Cl.O=c1c(Cc2ccccc2)cc2cnc(Nc3ccc(N4CCNCC4)cc3)nc2n1C1CCCC1. The minimum atomic E-state index is 0. The molecule has 1 aliphatic carbocycles. The van der Waals surface area contributed by atoms with E-state index in [-0.39, 0.29) is 24.0 Å². The van der Waals surface area contributed by atoms with Crippen LogP contribution in [0.4, 0.5) is 17.3 Å². The molecule has 7 nitrogen and oxygen atoms in total. The van der Waals surface area contributed by atoms with E-state index in [0.29, 0.717) is 12.4 Å². The minimum absolute atomic E-state index is 0. The molecule has 3 heterocycles. The van der Waals surface area contributed by atoms with E-state index in [0.717, 1.165) is 79.7 Å². The van der Waals surface area contributed by atoms with Gasteiger partial charge in [-0.1, -0.05) is 43.2 Å². The van der Waals surface area contributed by atoms with Crippen molar-refractivity contribution in [2.45, 2.75) is 38.1 Å². The Morgan fingerprint density at radius 3 is 2.43 bits per heavy atom. The lowest BCUT2D eigenvalue weighted by molar-refractivity contribution is 0.513. The van der Waals surface area contributed by atoms with E-state index in [2.05, 4.69) is 56.9 Å². The summed E-state index contributed by atoms with van der Waals surface area (Å²) in [6.07, 6.45) is 6.79. The molecule has 6 rings (SSSR count). The van der Waals surface area contributed by atoms with Crippen molar-refractivity contribution in [1.29, 1.82) is 0 Å². The first-order valence-corrected chi connectivity index (χ1v) is 13.0. The largest absolute Gasteiger partial charge is 0.369 e. The molecular formula is C29H33ClN6O. The van der Waals surface area contributed by atoms with Gasteiger partial charge in [0, 0.05) is 67.2 Å². The van der Waals surface area contributed by atoms with Gasteiger partial charge in [-0.2, -0.15) is 4.98 Å². The van der Waals surface area contributed by atoms with E-state index < -0.39 is 0 Å². The molecular weight excluding hydrogens is 484 g/mol. The molecule has 0 bridgehead atoms. The zero-order valence-electron chi connectivity index (χ0n) is 20.9. The second kappa shape index (κ2) is 11.3. The summed E-state index contributed by atoms with van der Waals surface area (Å²) >= 11 is 0. The average Bonchev–Trinajstić information content (AvgIpc) is 3.45. The van der Waals surface area contributed by atoms with Crippen LogP contribution in [-0.2, 0) is 6.42 Å². The van der Waals surface area contributed by atoms with Crippen LogP contribution in [0.25, 0.3) is 11.0 Å². The first-order chi connectivity index (χ1) is 17.7. The number of anilines is 3. The van der Waals surface area contributed by atoms with Gasteiger partial charge in [-0.3, -0.25) is 9.36 Å². The number of aromatic nitrogens is 3. The Morgan fingerprint density at radius 2 is 1.70 bits per heavy atom. The summed E-state index contributed by atoms with van der Waals surface area (Å²) < 4.78 is 1.95. The molecule has 0 amide bonds. The molecule has 0 spiro atoms. The van der Waals surface area contributed by atoms with Crippen molar-refractivity contribution >= 4 is 40.8 Å². The van der Waals surface area contributed by atoms with Gasteiger partial charge < -0.3 is 15.5 Å². The Balaban J connectivity index is 0.00000280. The van der Waals surface area contributed by atoms with E-state index in [9.17, 15) is 4.79 Å². The summed E-state index contributed by atoms with van der Waals surface area (Å²) in [4.78, 5) is 25.6. The minimum Gasteiger partial charge on any atom is -0.369 e. The third-order valence-corrected chi connectivity index (χ3v) is 7.38. The van der Waals surface area contributed by atoms with E-state index in [1.54, 1.807) is 0 Å². The lowest BCUT2D eigenvalue weighted by atomic mass is 10.0. The number of benzene rings is 2. The monoisotopic (exact) mass is 516 g/mol. The Morgan fingerprint density at radius 1 is 0.973 bits per heavy atom. The second-order valence-electron chi connectivity index (χ2n) is 9.83. The highest BCUT2D eigenvalue weighted by Crippen LogP contribution is 2.31. The van der Waals surface area contributed by atoms with Crippen LogP contribution in [0.1, 0.15) is 42.9 Å². The molecule has 4 aromatic rings. The second-order valence-corrected chi connectivity index (χ2v) is 9.83. The van der Waals surface area contributed by atoms with Crippen molar-refractivity contribution in [3.63, 3.8) is 0 Å². The fourth-order valence-electron chi connectivity index (χ4n) is 5.49. The van der Waals surface area contributed by atoms with Crippen molar-refractivity contribution in [3.05, 3.63) is 88.3 Å². The normalized spacial score (nSPS) is 16.1. The third kappa shape index (κ3) is 5.48. The molecule has 2 N–H and O–H groups in total. The number of piperazine rings is 1. The molecule has 1 saturated heterocycles. The molecule has 8 heteroatoms. The van der Waals surface area contributed by atoms with Crippen LogP contribution in [0.3, 0.4) is 0 Å². The first-order valence-electron chi connectivity index (χ1n) is 13.0. The maximum absolute atomic E-state index is 13.7. The molecule has 37 heavy (non-hydrogen) atoms. The molecule has 2 aromatic heterocycles. The van der Waals surface area contributed by atoms with Gasteiger partial charge in [0.15, 0.2) is 0 Å². The summed E-state index contributed by atoms with van der Waals surface area (Å²) in [5, 5.41) is 7.65. The van der Waals surface area contributed by atoms with Crippen LogP contribution in [0.5, 0.6) is 0 Å². The fraction of sp³-hybridized carbons (Fsp3) is 0.345.